The van der Waals surface area contributed by atoms with Gasteiger partial charge >= 0.3 is 0 Å². The maximum atomic E-state index is 12.9. The molecule has 172 valence electrons. The fraction of sp³-hybridized carbons (Fsp3) is 0.320. The molecule has 1 atom stereocenters. The maximum absolute atomic E-state index is 12.9. The monoisotopic (exact) mass is 447 g/mol. The van der Waals surface area contributed by atoms with Crippen molar-refractivity contribution in [1.29, 1.82) is 0 Å². The number of anilines is 1. The fourth-order valence-corrected chi connectivity index (χ4v) is 3.92. The highest BCUT2D eigenvalue weighted by Gasteiger charge is 2.23. The summed E-state index contributed by atoms with van der Waals surface area (Å²) in [6.07, 6.45) is 5.50. The summed E-state index contributed by atoms with van der Waals surface area (Å²) in [5, 5.41) is 5.94. The van der Waals surface area contributed by atoms with Crippen LogP contribution in [0.15, 0.2) is 73.3 Å². The molecular formula is C25H29N5O3. The van der Waals surface area contributed by atoms with Gasteiger partial charge in [-0.05, 0) is 23.8 Å². The summed E-state index contributed by atoms with van der Waals surface area (Å²) in [6, 6.07) is 17.3. The molecule has 1 aromatic heterocycles. The third-order valence-corrected chi connectivity index (χ3v) is 5.69. The van der Waals surface area contributed by atoms with Gasteiger partial charge in [0.1, 0.15) is 0 Å². The topological polar surface area (TPSA) is 88.5 Å². The van der Waals surface area contributed by atoms with Crippen LogP contribution in [0.3, 0.4) is 0 Å². The molecule has 0 saturated carbocycles. The molecule has 0 bridgehead atoms. The fourth-order valence-electron chi connectivity index (χ4n) is 3.92. The Morgan fingerprint density at radius 3 is 2.64 bits per heavy atom. The van der Waals surface area contributed by atoms with Gasteiger partial charge in [-0.2, -0.15) is 0 Å². The molecule has 8 heteroatoms. The highest BCUT2D eigenvalue weighted by molar-refractivity contribution is 5.97. The summed E-state index contributed by atoms with van der Waals surface area (Å²) >= 11 is 0. The van der Waals surface area contributed by atoms with Crippen LogP contribution in [0, 0.1) is 0 Å². The van der Waals surface area contributed by atoms with Crippen molar-refractivity contribution in [2.75, 3.05) is 38.2 Å². The molecule has 1 aliphatic rings. The van der Waals surface area contributed by atoms with Gasteiger partial charge in [-0.3, -0.25) is 14.5 Å². The van der Waals surface area contributed by atoms with Crippen molar-refractivity contribution in [3.8, 4) is 0 Å². The molecule has 0 aliphatic carbocycles. The lowest BCUT2D eigenvalue weighted by Gasteiger charge is -2.35. The Labute approximate surface area is 193 Å². The normalized spacial score (nSPS) is 15.0. The number of imidazole rings is 1. The van der Waals surface area contributed by atoms with Gasteiger partial charge < -0.3 is 19.9 Å². The van der Waals surface area contributed by atoms with Crippen LogP contribution in [-0.4, -0.2) is 59.1 Å². The van der Waals surface area contributed by atoms with Gasteiger partial charge in [0.05, 0.1) is 25.6 Å². The number of benzene rings is 2. The quantitative estimate of drug-likeness (QED) is 0.527. The van der Waals surface area contributed by atoms with E-state index in [1.165, 1.54) is 5.56 Å². The van der Waals surface area contributed by atoms with Crippen LogP contribution in [0.2, 0.25) is 0 Å². The Bertz CT molecular complexity index is 1030. The van der Waals surface area contributed by atoms with Crippen molar-refractivity contribution in [1.82, 2.24) is 19.8 Å². The van der Waals surface area contributed by atoms with Crippen molar-refractivity contribution in [3.05, 3.63) is 84.4 Å². The molecule has 0 radical (unpaired) electrons. The minimum atomic E-state index is -0.168. The lowest BCUT2D eigenvalue weighted by molar-refractivity contribution is -0.116. The summed E-state index contributed by atoms with van der Waals surface area (Å²) in [6.45, 7) is 4.09. The van der Waals surface area contributed by atoms with Crippen LogP contribution >= 0.6 is 0 Å². The van der Waals surface area contributed by atoms with E-state index in [2.05, 4.69) is 32.7 Å². The number of rotatable bonds is 9. The van der Waals surface area contributed by atoms with E-state index in [9.17, 15) is 9.59 Å². The first kappa shape index (κ1) is 22.7. The highest BCUT2D eigenvalue weighted by atomic mass is 16.5. The van der Waals surface area contributed by atoms with E-state index in [4.69, 9.17) is 4.74 Å². The van der Waals surface area contributed by atoms with Crippen LogP contribution in [0.5, 0.6) is 0 Å². The van der Waals surface area contributed by atoms with Gasteiger partial charge in [0.25, 0.3) is 5.91 Å². The van der Waals surface area contributed by atoms with Crippen molar-refractivity contribution in [2.45, 2.75) is 19.0 Å². The van der Waals surface area contributed by atoms with Crippen LogP contribution in [0.4, 0.5) is 5.69 Å². The number of ether oxygens (including phenoxy) is 1. The van der Waals surface area contributed by atoms with Gasteiger partial charge in [-0.1, -0.05) is 36.4 Å². The Balaban J connectivity index is 1.35. The molecule has 2 heterocycles. The number of amides is 2. The summed E-state index contributed by atoms with van der Waals surface area (Å²) in [4.78, 5) is 31.5. The van der Waals surface area contributed by atoms with Crippen molar-refractivity contribution < 1.29 is 14.3 Å². The van der Waals surface area contributed by atoms with Crippen molar-refractivity contribution in [3.63, 3.8) is 0 Å². The second kappa shape index (κ2) is 11.4. The molecule has 2 amide bonds. The van der Waals surface area contributed by atoms with Gasteiger partial charge in [0, 0.05) is 56.2 Å². The number of carbonyl (C=O) groups is 2. The van der Waals surface area contributed by atoms with E-state index in [0.717, 1.165) is 13.1 Å². The van der Waals surface area contributed by atoms with E-state index in [-0.39, 0.29) is 17.9 Å². The van der Waals surface area contributed by atoms with Crippen LogP contribution in [0.25, 0.3) is 0 Å². The zero-order valence-corrected chi connectivity index (χ0v) is 18.5. The SMILES string of the molecule is O=C(CCn1ccnc1)Nc1cccc(C(=O)NCC(c2ccccc2)N2CCOCC2)c1. The van der Waals surface area contributed by atoms with Crippen LogP contribution in [-0.2, 0) is 16.1 Å². The van der Waals surface area contributed by atoms with Gasteiger partial charge in [0.2, 0.25) is 5.91 Å². The molecule has 1 fully saturated rings. The van der Waals surface area contributed by atoms with Crippen molar-refractivity contribution >= 4 is 17.5 Å². The average Bonchev–Trinajstić information content (AvgIpc) is 3.38. The number of hydrogen-bond acceptors (Lipinski definition) is 5. The number of hydrogen-bond donors (Lipinski definition) is 2. The van der Waals surface area contributed by atoms with E-state index >= 15 is 0 Å². The minimum absolute atomic E-state index is 0.0742. The second-order valence-corrected chi connectivity index (χ2v) is 7.96. The molecule has 1 unspecified atom stereocenters. The molecule has 4 rings (SSSR count). The van der Waals surface area contributed by atoms with E-state index in [1.54, 1.807) is 36.8 Å². The maximum Gasteiger partial charge on any atom is 0.251 e. The Morgan fingerprint density at radius 1 is 1.06 bits per heavy atom. The molecule has 8 nitrogen and oxygen atoms in total. The van der Waals surface area contributed by atoms with E-state index in [0.29, 0.717) is 44.0 Å². The van der Waals surface area contributed by atoms with Gasteiger partial charge in [-0.25, -0.2) is 4.98 Å². The molecule has 3 aromatic rings. The summed E-state index contributed by atoms with van der Waals surface area (Å²) in [5.41, 5.74) is 2.28. The third kappa shape index (κ3) is 6.50. The molecule has 0 spiro atoms. The highest BCUT2D eigenvalue weighted by Crippen LogP contribution is 2.21. The Morgan fingerprint density at radius 2 is 1.88 bits per heavy atom. The van der Waals surface area contributed by atoms with Crippen molar-refractivity contribution in [2.24, 2.45) is 0 Å². The molecule has 2 aromatic carbocycles. The number of aryl methyl sites for hydroxylation is 1. The molecule has 1 aliphatic heterocycles. The zero-order chi connectivity index (χ0) is 22.9. The smallest absolute Gasteiger partial charge is 0.251 e. The van der Waals surface area contributed by atoms with Gasteiger partial charge in [0.15, 0.2) is 0 Å². The summed E-state index contributed by atoms with van der Waals surface area (Å²) in [5.74, 6) is -0.281. The number of morpholine rings is 1. The van der Waals surface area contributed by atoms with Crippen LogP contribution < -0.4 is 10.6 Å². The lowest BCUT2D eigenvalue weighted by atomic mass is 10.0. The third-order valence-electron chi connectivity index (χ3n) is 5.69. The van der Waals surface area contributed by atoms with Crippen LogP contribution in [0.1, 0.15) is 28.4 Å². The first-order valence-corrected chi connectivity index (χ1v) is 11.2. The minimum Gasteiger partial charge on any atom is -0.379 e. The largest absolute Gasteiger partial charge is 0.379 e. The first-order chi connectivity index (χ1) is 16.2. The predicted octanol–water partition coefficient (Wildman–Crippen LogP) is 2.72. The number of nitrogens with zero attached hydrogens (tertiary/aromatic N) is 3. The Kier molecular flexibility index (Phi) is 7.84. The average molecular weight is 448 g/mol. The molecule has 33 heavy (non-hydrogen) atoms. The van der Waals surface area contributed by atoms with E-state index < -0.39 is 0 Å². The summed E-state index contributed by atoms with van der Waals surface area (Å²) < 4.78 is 7.34. The Hall–Kier alpha value is -3.49. The second-order valence-electron chi connectivity index (χ2n) is 7.96. The number of aromatic nitrogens is 2. The summed E-state index contributed by atoms with van der Waals surface area (Å²) in [7, 11) is 0. The number of carbonyl (C=O) groups excluding carboxylic acids is 2. The zero-order valence-electron chi connectivity index (χ0n) is 18.5. The molecular weight excluding hydrogens is 418 g/mol. The first-order valence-electron chi connectivity index (χ1n) is 11.2. The van der Waals surface area contributed by atoms with Gasteiger partial charge in [-0.15, -0.1) is 0 Å². The standard InChI is InChI=1S/C25H29N5O3/c31-24(9-11-29-12-10-26-19-29)28-22-8-4-7-21(17-22)25(32)27-18-23(20-5-2-1-3-6-20)30-13-15-33-16-14-30/h1-8,10,12,17,19,23H,9,11,13-16,18H2,(H,27,32)(H,28,31). The van der Waals surface area contributed by atoms with E-state index in [1.807, 2.05) is 29.0 Å². The molecule has 2 N–H and O–H groups in total. The number of nitrogens with one attached hydrogen (secondary N) is 2. The molecule has 1 saturated heterocycles. The predicted molar refractivity (Wildman–Crippen MR) is 126 cm³/mol. The lowest BCUT2D eigenvalue weighted by Crippen LogP contribution is -2.43.